The molecule has 222 valence electrons. The lowest BCUT2D eigenvalue weighted by Gasteiger charge is -2.44. The number of alkyl halides is 3. The second-order valence-corrected chi connectivity index (χ2v) is 13.4. The molecule has 1 aliphatic heterocycles. The average Bonchev–Trinajstić information content (AvgIpc) is 3.37. The zero-order valence-electron chi connectivity index (χ0n) is 22.6. The van der Waals surface area contributed by atoms with Gasteiger partial charge in [0, 0.05) is 36.6 Å². The molecule has 0 spiro atoms. The predicted molar refractivity (Wildman–Crippen MR) is 147 cm³/mol. The summed E-state index contributed by atoms with van der Waals surface area (Å²) in [5.74, 6) is -2.53. The summed E-state index contributed by atoms with van der Waals surface area (Å²) in [4.78, 5) is 21.0. The van der Waals surface area contributed by atoms with Crippen LogP contribution in [0, 0.1) is 19.3 Å². The molecule has 0 radical (unpaired) electrons. The average molecular weight is 633 g/mol. The Morgan fingerprint density at radius 2 is 1.88 bits per heavy atom. The summed E-state index contributed by atoms with van der Waals surface area (Å²) in [6.07, 6.45) is -4.10. The molecule has 9 nitrogen and oxygen atoms in total. The van der Waals surface area contributed by atoms with E-state index in [2.05, 4.69) is 65.0 Å². The molecule has 1 aromatic heterocycles. The van der Waals surface area contributed by atoms with Crippen molar-refractivity contribution >= 4 is 44.3 Å². The highest BCUT2D eigenvalue weighted by atomic mass is 35.5. The molecule has 41 heavy (non-hydrogen) atoms. The zero-order chi connectivity index (χ0) is 30.2. The first-order chi connectivity index (χ1) is 19.1. The fourth-order valence-corrected chi connectivity index (χ4v) is 6.96. The van der Waals surface area contributed by atoms with E-state index in [0.29, 0.717) is 18.0 Å². The lowest BCUT2D eigenvalue weighted by molar-refractivity contribution is -0.199. The highest BCUT2D eigenvalue weighted by Gasteiger charge is 2.46. The van der Waals surface area contributed by atoms with Gasteiger partial charge in [0.1, 0.15) is 18.2 Å². The fraction of sp³-hybridized carbons (Fsp3) is 0.423. The van der Waals surface area contributed by atoms with Gasteiger partial charge in [-0.1, -0.05) is 59.2 Å². The van der Waals surface area contributed by atoms with Crippen molar-refractivity contribution in [3.8, 4) is 5.75 Å². The maximum atomic E-state index is 13.2. The van der Waals surface area contributed by atoms with Crippen LogP contribution in [0.4, 0.5) is 18.3 Å². The number of benzene rings is 2. The van der Waals surface area contributed by atoms with Gasteiger partial charge in [0.15, 0.2) is 0 Å². The first-order valence-electron chi connectivity index (χ1n) is 12.4. The van der Waals surface area contributed by atoms with Crippen LogP contribution in [-0.2, 0) is 26.2 Å². The number of likely N-dealkylation sites (tertiary alicyclic amines) is 1. The lowest BCUT2D eigenvalue weighted by Crippen LogP contribution is -2.50. The monoisotopic (exact) mass is 632 g/mol. The van der Waals surface area contributed by atoms with Crippen molar-refractivity contribution in [2.24, 2.45) is 5.41 Å². The molecule has 2 aromatic carbocycles. The Labute approximate surface area is 245 Å². The zero-order valence-corrected chi connectivity index (χ0v) is 25.0. The normalized spacial score (nSPS) is 17.7. The number of carbonyl (C=O) groups excluding carboxylic acids is 1. The molecule has 1 atom stereocenters. The number of nitrogens with zero attached hydrogens (tertiary/aromatic N) is 4. The number of halogens is 4. The van der Waals surface area contributed by atoms with E-state index < -0.39 is 32.2 Å². The minimum absolute atomic E-state index is 0.0843. The van der Waals surface area contributed by atoms with Crippen molar-refractivity contribution in [2.45, 2.75) is 57.8 Å². The maximum Gasteiger partial charge on any atom is 0.493 e. The summed E-state index contributed by atoms with van der Waals surface area (Å²) in [5.41, 5.74) is 3.37. The van der Waals surface area contributed by atoms with Crippen LogP contribution >= 0.6 is 23.1 Å². The van der Waals surface area contributed by atoms with Crippen LogP contribution in [0.15, 0.2) is 47.6 Å². The lowest BCUT2D eigenvalue weighted by atomic mass is 9.81. The Morgan fingerprint density at radius 3 is 2.44 bits per heavy atom. The summed E-state index contributed by atoms with van der Waals surface area (Å²) in [7, 11) is -4.87. The number of hydrogen-bond donors (Lipinski definition) is 0. The van der Waals surface area contributed by atoms with Gasteiger partial charge in [-0.2, -0.15) is 26.0 Å². The third kappa shape index (κ3) is 7.29. The summed E-state index contributed by atoms with van der Waals surface area (Å²) in [6.45, 7) is 10.6. The number of carbonyl (C=O) groups is 1. The Bertz CT molecular complexity index is 1500. The highest BCUT2D eigenvalue weighted by molar-refractivity contribution is 7.92. The first kappa shape index (κ1) is 31.0. The van der Waals surface area contributed by atoms with E-state index in [1.165, 1.54) is 22.8 Å². The quantitative estimate of drug-likeness (QED) is 0.291. The molecule has 15 heteroatoms. The predicted octanol–water partition coefficient (Wildman–Crippen LogP) is 5.70. The SMILES string of the molecule is Cc1cc(C)cc(CN2CCC(Oc3ccc(S(=O)(=O)N(OC(=O)C(F)(F)F)c4ncns4)cc3Cl)C(C)(C)C2)c1. The van der Waals surface area contributed by atoms with E-state index >= 15 is 0 Å². The number of aromatic nitrogens is 2. The smallest absolute Gasteiger partial charge is 0.488 e. The number of sulfonamides is 1. The number of ether oxygens (including phenoxy) is 1. The Hall–Kier alpha value is -2.94. The minimum atomic E-state index is -5.45. The molecule has 3 aromatic rings. The van der Waals surface area contributed by atoms with Crippen molar-refractivity contribution in [2.75, 3.05) is 17.6 Å². The van der Waals surface area contributed by atoms with E-state index in [1.807, 2.05) is 0 Å². The second-order valence-electron chi connectivity index (χ2n) is 10.5. The number of aryl methyl sites for hydroxylation is 2. The van der Waals surface area contributed by atoms with Crippen LogP contribution in [0.25, 0.3) is 0 Å². The van der Waals surface area contributed by atoms with Gasteiger partial charge in [-0.3, -0.25) is 4.90 Å². The third-order valence-corrected chi connectivity index (χ3v) is 9.07. The van der Waals surface area contributed by atoms with E-state index in [1.54, 1.807) is 0 Å². The Morgan fingerprint density at radius 1 is 1.20 bits per heavy atom. The van der Waals surface area contributed by atoms with Crippen LogP contribution in [0.1, 0.15) is 37.0 Å². The van der Waals surface area contributed by atoms with Crippen LogP contribution in [0.5, 0.6) is 5.75 Å². The van der Waals surface area contributed by atoms with E-state index in [4.69, 9.17) is 16.3 Å². The maximum absolute atomic E-state index is 13.2. The molecule has 1 fully saturated rings. The van der Waals surface area contributed by atoms with Gasteiger partial charge in [-0.25, -0.2) is 9.78 Å². The molecule has 0 aliphatic carbocycles. The van der Waals surface area contributed by atoms with E-state index in [0.717, 1.165) is 38.1 Å². The van der Waals surface area contributed by atoms with Crippen molar-refractivity contribution in [3.05, 3.63) is 64.4 Å². The summed E-state index contributed by atoms with van der Waals surface area (Å²) >= 11 is 6.81. The molecule has 4 rings (SSSR count). The van der Waals surface area contributed by atoms with E-state index in [-0.39, 0.29) is 26.8 Å². The van der Waals surface area contributed by atoms with Crippen LogP contribution in [-0.4, -0.2) is 54.0 Å². The third-order valence-electron chi connectivity index (χ3n) is 6.49. The highest BCUT2D eigenvalue weighted by Crippen LogP contribution is 2.37. The van der Waals surface area contributed by atoms with Gasteiger partial charge in [0.2, 0.25) is 0 Å². The van der Waals surface area contributed by atoms with Gasteiger partial charge < -0.3 is 9.57 Å². The number of rotatable bonds is 8. The van der Waals surface area contributed by atoms with Crippen LogP contribution in [0.2, 0.25) is 5.02 Å². The molecule has 1 unspecified atom stereocenters. The molecule has 0 N–H and O–H groups in total. The minimum Gasteiger partial charge on any atom is -0.488 e. The first-order valence-corrected chi connectivity index (χ1v) is 15.0. The van der Waals surface area contributed by atoms with Gasteiger partial charge in [-0.05, 0) is 44.0 Å². The summed E-state index contributed by atoms with van der Waals surface area (Å²) < 4.78 is 74.5. The molecular weight excluding hydrogens is 605 g/mol. The molecule has 1 saturated heterocycles. The Balaban J connectivity index is 1.50. The molecule has 0 saturated carbocycles. The Kier molecular flexibility index (Phi) is 8.88. The van der Waals surface area contributed by atoms with Gasteiger partial charge in [-0.15, -0.1) is 0 Å². The molecule has 2 heterocycles. The molecule has 1 aliphatic rings. The van der Waals surface area contributed by atoms with Gasteiger partial charge >= 0.3 is 12.1 Å². The van der Waals surface area contributed by atoms with Gasteiger partial charge in [0.05, 0.1) is 9.92 Å². The standard InChI is InChI=1S/C26H28ClF3N4O5S2/c1-16-9-17(2)11-18(10-16)13-33-8-7-22(25(3,4)14-33)38-21-6-5-19(12-20(21)27)41(36,37)34(24-31-15-32-40-24)39-23(35)26(28,29)30/h5-6,9-12,15,22H,7-8,13-14H2,1-4H3. The van der Waals surface area contributed by atoms with Crippen molar-refractivity contribution in [1.82, 2.24) is 14.3 Å². The van der Waals surface area contributed by atoms with Crippen LogP contribution < -0.4 is 9.21 Å². The van der Waals surface area contributed by atoms with Crippen molar-refractivity contribution in [3.63, 3.8) is 0 Å². The summed E-state index contributed by atoms with van der Waals surface area (Å²) in [5, 5.41) is -0.688. The van der Waals surface area contributed by atoms with E-state index in [9.17, 15) is 26.4 Å². The molecule has 0 amide bonds. The molecule has 0 bridgehead atoms. The number of piperidine rings is 1. The van der Waals surface area contributed by atoms with Gasteiger partial charge in [0.25, 0.3) is 15.2 Å². The largest absolute Gasteiger partial charge is 0.493 e. The summed E-state index contributed by atoms with van der Waals surface area (Å²) in [6, 6.07) is 9.92. The second kappa shape index (κ2) is 11.7. The number of anilines is 1. The topological polar surface area (TPSA) is 102 Å². The fourth-order valence-electron chi connectivity index (χ4n) is 4.77. The van der Waals surface area contributed by atoms with Crippen LogP contribution in [0.3, 0.4) is 0 Å². The number of hydrogen-bond acceptors (Lipinski definition) is 9. The van der Waals surface area contributed by atoms with Crippen molar-refractivity contribution < 1.29 is 36.0 Å². The van der Waals surface area contributed by atoms with Crippen molar-refractivity contribution in [1.29, 1.82) is 0 Å². The molecular formula is C26H28ClF3N4O5S2.